The minimum absolute atomic E-state index is 0. The van der Waals surface area contributed by atoms with E-state index < -0.39 is 0 Å². The van der Waals surface area contributed by atoms with E-state index in [1.807, 2.05) is 35.2 Å². The highest BCUT2D eigenvalue weighted by Crippen LogP contribution is 2.21. The van der Waals surface area contributed by atoms with Gasteiger partial charge in [-0.25, -0.2) is 4.39 Å². The molecule has 3 rings (SSSR count). The van der Waals surface area contributed by atoms with E-state index in [2.05, 4.69) is 4.90 Å². The van der Waals surface area contributed by atoms with E-state index in [-0.39, 0.29) is 42.5 Å². The van der Waals surface area contributed by atoms with Crippen molar-refractivity contribution in [1.82, 2.24) is 4.90 Å². The molecule has 1 amide bonds. The molecule has 2 N–H and O–H groups in total. The first-order valence-corrected chi connectivity index (χ1v) is 8.23. The Balaban J connectivity index is 0.00000169. The summed E-state index contributed by atoms with van der Waals surface area (Å²) in [7, 11) is 0. The predicted molar refractivity (Wildman–Crippen MR) is 108 cm³/mol. The van der Waals surface area contributed by atoms with Crippen molar-refractivity contribution >= 4 is 36.4 Å². The maximum absolute atomic E-state index is 13.0. The Bertz CT molecular complexity index is 677. The van der Waals surface area contributed by atoms with Gasteiger partial charge in [0.05, 0.1) is 5.92 Å². The van der Waals surface area contributed by atoms with E-state index in [1.54, 1.807) is 12.1 Å². The van der Waals surface area contributed by atoms with Crippen molar-refractivity contribution in [3.63, 3.8) is 0 Å². The zero-order valence-electron chi connectivity index (χ0n) is 14.4. The average molecular weight is 400 g/mol. The molecule has 1 aliphatic rings. The van der Waals surface area contributed by atoms with Gasteiger partial charge >= 0.3 is 0 Å². The first-order chi connectivity index (χ1) is 11.7. The van der Waals surface area contributed by atoms with Gasteiger partial charge in [0.15, 0.2) is 0 Å². The van der Waals surface area contributed by atoms with Crippen molar-refractivity contribution in [3.8, 4) is 0 Å². The average Bonchev–Trinajstić information content (AvgIpc) is 2.64. The molecule has 1 aliphatic heterocycles. The number of carbonyl (C=O) groups excluding carboxylic acids is 1. The van der Waals surface area contributed by atoms with Crippen LogP contribution in [0, 0.1) is 5.82 Å². The lowest BCUT2D eigenvalue weighted by molar-refractivity contribution is -0.132. The smallest absolute Gasteiger partial charge is 0.231 e. The summed E-state index contributed by atoms with van der Waals surface area (Å²) in [4.78, 5) is 16.8. The molecule has 0 spiro atoms. The lowest BCUT2D eigenvalue weighted by Gasteiger charge is -2.37. The number of benzene rings is 2. The second-order valence-corrected chi connectivity index (χ2v) is 5.99. The summed E-state index contributed by atoms with van der Waals surface area (Å²) in [5.74, 6) is -0.438. The summed E-state index contributed by atoms with van der Waals surface area (Å²) < 4.78 is 13.0. The number of carbonyl (C=O) groups is 1. The lowest BCUT2D eigenvalue weighted by atomic mass is 9.97. The van der Waals surface area contributed by atoms with Crippen LogP contribution in [-0.2, 0) is 4.79 Å². The van der Waals surface area contributed by atoms with E-state index in [4.69, 9.17) is 5.73 Å². The molecule has 4 nitrogen and oxygen atoms in total. The first kappa shape index (κ1) is 22.2. The molecule has 1 heterocycles. The topological polar surface area (TPSA) is 49.6 Å². The van der Waals surface area contributed by atoms with Gasteiger partial charge < -0.3 is 15.5 Å². The fraction of sp³-hybridized carbons (Fsp3) is 0.316. The molecule has 1 atom stereocenters. The van der Waals surface area contributed by atoms with Crippen LogP contribution in [0.2, 0.25) is 0 Å². The van der Waals surface area contributed by atoms with E-state index in [9.17, 15) is 9.18 Å². The third-order valence-electron chi connectivity index (χ3n) is 4.52. The molecule has 1 fully saturated rings. The Kier molecular flexibility index (Phi) is 8.85. The van der Waals surface area contributed by atoms with Crippen LogP contribution in [0.5, 0.6) is 0 Å². The van der Waals surface area contributed by atoms with Crippen LogP contribution in [-0.4, -0.2) is 43.5 Å². The molecule has 2 aromatic carbocycles. The minimum atomic E-state index is -0.288. The molecule has 0 saturated carbocycles. The number of nitrogens with two attached hydrogens (primary N) is 1. The maximum Gasteiger partial charge on any atom is 0.231 e. The van der Waals surface area contributed by atoms with Gasteiger partial charge in [-0.3, -0.25) is 4.79 Å². The Labute approximate surface area is 166 Å². The molecule has 0 radical (unpaired) electrons. The molecule has 7 heteroatoms. The van der Waals surface area contributed by atoms with Gasteiger partial charge in [0.1, 0.15) is 5.82 Å². The molecule has 26 heavy (non-hydrogen) atoms. The lowest BCUT2D eigenvalue weighted by Crippen LogP contribution is -2.50. The van der Waals surface area contributed by atoms with Crippen molar-refractivity contribution < 1.29 is 9.18 Å². The quantitative estimate of drug-likeness (QED) is 0.859. The minimum Gasteiger partial charge on any atom is -0.368 e. The van der Waals surface area contributed by atoms with Gasteiger partial charge in [-0.1, -0.05) is 30.3 Å². The summed E-state index contributed by atoms with van der Waals surface area (Å²) in [6.07, 6.45) is 0. The third-order valence-corrected chi connectivity index (χ3v) is 4.52. The summed E-state index contributed by atoms with van der Waals surface area (Å²) >= 11 is 0. The van der Waals surface area contributed by atoms with Gasteiger partial charge in [0.2, 0.25) is 5.91 Å². The number of halogens is 3. The van der Waals surface area contributed by atoms with Gasteiger partial charge in [-0.05, 0) is 29.8 Å². The molecular weight excluding hydrogens is 376 g/mol. The van der Waals surface area contributed by atoms with Crippen molar-refractivity contribution in [1.29, 1.82) is 0 Å². The molecule has 142 valence electrons. The van der Waals surface area contributed by atoms with Gasteiger partial charge in [-0.2, -0.15) is 0 Å². The van der Waals surface area contributed by atoms with Crippen molar-refractivity contribution in [2.75, 3.05) is 37.6 Å². The summed E-state index contributed by atoms with van der Waals surface area (Å²) in [6, 6.07) is 16.2. The number of piperazine rings is 1. The van der Waals surface area contributed by atoms with E-state index >= 15 is 0 Å². The van der Waals surface area contributed by atoms with Crippen LogP contribution in [0.3, 0.4) is 0 Å². The summed E-state index contributed by atoms with van der Waals surface area (Å²) in [5.41, 5.74) is 7.80. The summed E-state index contributed by atoms with van der Waals surface area (Å²) in [5, 5.41) is 0. The van der Waals surface area contributed by atoms with Gasteiger partial charge in [0, 0.05) is 38.4 Å². The standard InChI is InChI=1S/C19H22FN3O.2ClH/c20-16-6-8-17(9-7-16)22-10-12-23(13-11-22)19(24)18(14-21)15-4-2-1-3-5-15;;/h1-9,18H,10-14,21H2;2*1H. The van der Waals surface area contributed by atoms with Gasteiger partial charge in [0.25, 0.3) is 0 Å². The zero-order valence-corrected chi connectivity index (χ0v) is 16.0. The molecule has 1 unspecified atom stereocenters. The normalized spacial score (nSPS) is 14.8. The Morgan fingerprint density at radius 1 is 0.962 bits per heavy atom. The SMILES string of the molecule is Cl.Cl.NCC(C(=O)N1CCN(c2ccc(F)cc2)CC1)c1ccccc1. The Morgan fingerprint density at radius 3 is 2.08 bits per heavy atom. The van der Waals surface area contributed by atoms with Crippen molar-refractivity contribution in [3.05, 3.63) is 66.0 Å². The molecule has 1 saturated heterocycles. The highest BCUT2D eigenvalue weighted by atomic mass is 35.5. The third kappa shape index (κ3) is 5.10. The highest BCUT2D eigenvalue weighted by Gasteiger charge is 2.27. The summed E-state index contributed by atoms with van der Waals surface area (Å²) in [6.45, 7) is 3.09. The molecular formula is C19H24Cl2FN3O. The number of nitrogens with zero attached hydrogens (tertiary/aromatic N) is 2. The Hall–Kier alpha value is -1.82. The Morgan fingerprint density at radius 2 is 1.54 bits per heavy atom. The van der Waals surface area contributed by atoms with Crippen molar-refractivity contribution in [2.24, 2.45) is 5.73 Å². The maximum atomic E-state index is 13.0. The van der Waals surface area contributed by atoms with Gasteiger partial charge in [-0.15, -0.1) is 24.8 Å². The predicted octanol–water partition coefficient (Wildman–Crippen LogP) is 3.06. The highest BCUT2D eigenvalue weighted by molar-refractivity contribution is 5.85. The molecule has 0 aromatic heterocycles. The van der Waals surface area contributed by atoms with Crippen LogP contribution in [0.4, 0.5) is 10.1 Å². The molecule has 0 aliphatic carbocycles. The van der Waals surface area contributed by atoms with Crippen LogP contribution in [0.15, 0.2) is 54.6 Å². The molecule has 0 bridgehead atoms. The zero-order chi connectivity index (χ0) is 16.9. The number of hydrogen-bond donors (Lipinski definition) is 1. The largest absolute Gasteiger partial charge is 0.368 e. The number of anilines is 1. The van der Waals surface area contributed by atoms with Crippen molar-refractivity contribution in [2.45, 2.75) is 5.92 Å². The fourth-order valence-corrected chi connectivity index (χ4v) is 3.12. The van der Waals surface area contributed by atoms with E-state index in [0.717, 1.165) is 24.3 Å². The first-order valence-electron chi connectivity index (χ1n) is 8.23. The van der Waals surface area contributed by atoms with Crippen LogP contribution in [0.25, 0.3) is 0 Å². The number of amides is 1. The monoisotopic (exact) mass is 399 g/mol. The fourth-order valence-electron chi connectivity index (χ4n) is 3.12. The van der Waals surface area contributed by atoms with Crippen LogP contribution in [0.1, 0.15) is 11.5 Å². The van der Waals surface area contributed by atoms with Crippen LogP contribution >= 0.6 is 24.8 Å². The van der Waals surface area contributed by atoms with E-state index in [1.165, 1.54) is 12.1 Å². The second-order valence-electron chi connectivity index (χ2n) is 5.99. The molecule has 2 aromatic rings. The number of hydrogen-bond acceptors (Lipinski definition) is 3. The van der Waals surface area contributed by atoms with Crippen LogP contribution < -0.4 is 10.6 Å². The van der Waals surface area contributed by atoms with E-state index in [0.29, 0.717) is 19.6 Å². The second kappa shape index (κ2) is 10.4. The number of rotatable bonds is 4.